The molecule has 2 heterocycles. The summed E-state index contributed by atoms with van der Waals surface area (Å²) < 4.78 is 0. The van der Waals surface area contributed by atoms with Gasteiger partial charge in [-0.2, -0.15) is 0 Å². The summed E-state index contributed by atoms with van der Waals surface area (Å²) in [5.74, 6) is 2.14. The van der Waals surface area contributed by atoms with Crippen LogP contribution in [0.4, 0.5) is 5.82 Å². The lowest BCUT2D eigenvalue weighted by molar-refractivity contribution is 0.203. The second-order valence-corrected chi connectivity index (χ2v) is 5.63. The quantitative estimate of drug-likeness (QED) is 0.942. The molecule has 1 aliphatic heterocycles. The van der Waals surface area contributed by atoms with Crippen LogP contribution in [0.1, 0.15) is 24.2 Å². The lowest BCUT2D eigenvalue weighted by Crippen LogP contribution is -2.35. The van der Waals surface area contributed by atoms with E-state index in [-0.39, 0.29) is 0 Å². The zero-order chi connectivity index (χ0) is 15.2. The monoisotopic (exact) mass is 295 g/mol. The number of rotatable bonds is 4. The van der Waals surface area contributed by atoms with Crippen LogP contribution in [0, 0.1) is 5.92 Å². The van der Waals surface area contributed by atoms with Gasteiger partial charge in [0, 0.05) is 25.9 Å². The smallest absolute Gasteiger partial charge is 0.154 e. The molecule has 1 fully saturated rings. The minimum absolute atomic E-state index is 0.294. The van der Waals surface area contributed by atoms with Crippen molar-refractivity contribution >= 4 is 18.0 Å². The zero-order valence-electron chi connectivity index (χ0n) is 12.6. The Bertz CT molecular complexity index is 619. The highest BCUT2D eigenvalue weighted by molar-refractivity contribution is 5.66. The predicted octanol–water partition coefficient (Wildman–Crippen LogP) is 2.86. The van der Waals surface area contributed by atoms with E-state index in [1.165, 1.54) is 0 Å². The maximum absolute atomic E-state index is 9.22. The molecule has 2 aromatic rings. The summed E-state index contributed by atoms with van der Waals surface area (Å²) >= 11 is 0. The van der Waals surface area contributed by atoms with Gasteiger partial charge in [-0.3, -0.25) is 0 Å². The maximum Gasteiger partial charge on any atom is 0.154 e. The molecule has 4 heteroatoms. The van der Waals surface area contributed by atoms with Crippen molar-refractivity contribution in [3.63, 3.8) is 0 Å². The lowest BCUT2D eigenvalue weighted by Gasteiger charge is -2.31. The van der Waals surface area contributed by atoms with Crippen molar-refractivity contribution in [2.24, 2.45) is 5.92 Å². The molecule has 1 N–H and O–H groups in total. The van der Waals surface area contributed by atoms with Crippen molar-refractivity contribution in [3.8, 4) is 0 Å². The minimum atomic E-state index is 0.294. The third-order valence-electron chi connectivity index (χ3n) is 4.08. The molecule has 0 bridgehead atoms. The summed E-state index contributed by atoms with van der Waals surface area (Å²) in [6.07, 6.45) is 7.83. The molecule has 3 rings (SSSR count). The van der Waals surface area contributed by atoms with Crippen LogP contribution in [0.15, 0.2) is 42.6 Å². The Kier molecular flexibility index (Phi) is 4.81. The van der Waals surface area contributed by atoms with Gasteiger partial charge in [-0.1, -0.05) is 36.4 Å². The lowest BCUT2D eigenvalue weighted by atomic mass is 9.98. The van der Waals surface area contributed by atoms with Gasteiger partial charge < -0.3 is 10.0 Å². The molecule has 0 saturated carbocycles. The molecule has 0 radical (unpaired) electrons. The Hall–Kier alpha value is -2.20. The number of aliphatic hydroxyl groups excluding tert-OH is 1. The molecule has 22 heavy (non-hydrogen) atoms. The molecule has 0 spiro atoms. The summed E-state index contributed by atoms with van der Waals surface area (Å²) in [5.41, 5.74) is 1.14. The van der Waals surface area contributed by atoms with Crippen molar-refractivity contribution in [3.05, 3.63) is 54.0 Å². The minimum Gasteiger partial charge on any atom is -0.396 e. The Morgan fingerprint density at radius 2 is 1.86 bits per heavy atom. The normalized spacial score (nSPS) is 16.3. The highest BCUT2D eigenvalue weighted by Crippen LogP contribution is 2.21. The highest BCUT2D eigenvalue weighted by atomic mass is 16.3. The molecule has 0 unspecified atom stereocenters. The Labute approximate surface area is 131 Å². The van der Waals surface area contributed by atoms with Crippen molar-refractivity contribution in [1.29, 1.82) is 0 Å². The first-order valence-corrected chi connectivity index (χ1v) is 7.77. The van der Waals surface area contributed by atoms with Crippen molar-refractivity contribution in [2.45, 2.75) is 12.8 Å². The Morgan fingerprint density at radius 3 is 2.59 bits per heavy atom. The molecular formula is C18H21N3O. The summed E-state index contributed by atoms with van der Waals surface area (Å²) in [7, 11) is 0. The highest BCUT2D eigenvalue weighted by Gasteiger charge is 2.19. The Balaban J connectivity index is 1.69. The van der Waals surface area contributed by atoms with E-state index in [4.69, 9.17) is 0 Å². The van der Waals surface area contributed by atoms with Gasteiger partial charge in [0.25, 0.3) is 0 Å². The van der Waals surface area contributed by atoms with Crippen molar-refractivity contribution < 1.29 is 5.11 Å². The fraction of sp³-hybridized carbons (Fsp3) is 0.333. The molecule has 114 valence electrons. The second-order valence-electron chi connectivity index (χ2n) is 5.63. The predicted molar refractivity (Wildman–Crippen MR) is 89.4 cm³/mol. The Morgan fingerprint density at radius 1 is 1.09 bits per heavy atom. The van der Waals surface area contributed by atoms with E-state index in [0.29, 0.717) is 12.5 Å². The first-order valence-electron chi connectivity index (χ1n) is 7.77. The molecule has 0 amide bonds. The molecule has 0 aliphatic carbocycles. The van der Waals surface area contributed by atoms with Crippen LogP contribution in [-0.2, 0) is 0 Å². The number of hydrogen-bond acceptors (Lipinski definition) is 4. The SMILES string of the molecule is OCC1CCN(c2ccnc(/C=C/c3ccccc3)n2)CC1. The summed E-state index contributed by atoms with van der Waals surface area (Å²) in [6.45, 7) is 2.19. The maximum atomic E-state index is 9.22. The van der Waals surface area contributed by atoms with Gasteiger partial charge in [-0.05, 0) is 36.5 Å². The number of piperidine rings is 1. The summed E-state index contributed by atoms with van der Waals surface area (Å²) in [5, 5.41) is 9.22. The van der Waals surface area contributed by atoms with Gasteiger partial charge in [0.2, 0.25) is 0 Å². The van der Waals surface area contributed by atoms with Crippen LogP contribution in [0.3, 0.4) is 0 Å². The number of aliphatic hydroxyl groups is 1. The van der Waals surface area contributed by atoms with Crippen LogP contribution in [0.5, 0.6) is 0 Å². The van der Waals surface area contributed by atoms with Gasteiger partial charge in [0.1, 0.15) is 5.82 Å². The molecule has 1 aromatic carbocycles. The zero-order valence-corrected chi connectivity index (χ0v) is 12.6. The van der Waals surface area contributed by atoms with Crippen molar-refractivity contribution in [1.82, 2.24) is 9.97 Å². The van der Waals surface area contributed by atoms with E-state index in [2.05, 4.69) is 27.0 Å². The van der Waals surface area contributed by atoms with Crippen LogP contribution < -0.4 is 4.90 Å². The number of aromatic nitrogens is 2. The molecule has 0 atom stereocenters. The standard InChI is InChI=1S/C18H21N3O/c22-14-16-9-12-21(13-10-16)18-8-11-19-17(20-18)7-6-15-4-2-1-3-5-15/h1-8,11,16,22H,9-10,12-14H2/b7-6+. The molecule has 1 aromatic heterocycles. The fourth-order valence-electron chi connectivity index (χ4n) is 2.70. The van der Waals surface area contributed by atoms with Gasteiger partial charge in [-0.25, -0.2) is 9.97 Å². The number of anilines is 1. The third kappa shape index (κ3) is 3.71. The van der Waals surface area contributed by atoms with Crippen LogP contribution in [-0.4, -0.2) is 34.8 Å². The van der Waals surface area contributed by atoms with Gasteiger partial charge in [-0.15, -0.1) is 0 Å². The molecular weight excluding hydrogens is 274 g/mol. The first kappa shape index (κ1) is 14.7. The number of hydrogen-bond donors (Lipinski definition) is 1. The van der Waals surface area contributed by atoms with E-state index in [9.17, 15) is 5.11 Å². The van der Waals surface area contributed by atoms with Crippen LogP contribution >= 0.6 is 0 Å². The van der Waals surface area contributed by atoms with Gasteiger partial charge in [0.15, 0.2) is 5.82 Å². The van der Waals surface area contributed by atoms with E-state index in [1.54, 1.807) is 0 Å². The number of nitrogens with zero attached hydrogens (tertiary/aromatic N) is 3. The molecule has 1 saturated heterocycles. The van der Waals surface area contributed by atoms with E-state index < -0.39 is 0 Å². The summed E-state index contributed by atoms with van der Waals surface area (Å²) in [4.78, 5) is 11.2. The van der Waals surface area contributed by atoms with Crippen LogP contribution in [0.2, 0.25) is 0 Å². The van der Waals surface area contributed by atoms with Gasteiger partial charge in [0.05, 0.1) is 0 Å². The summed E-state index contributed by atoms with van der Waals surface area (Å²) in [6, 6.07) is 12.1. The molecule has 4 nitrogen and oxygen atoms in total. The average molecular weight is 295 g/mol. The second kappa shape index (κ2) is 7.18. The molecule has 1 aliphatic rings. The first-order chi connectivity index (χ1) is 10.8. The van der Waals surface area contributed by atoms with Gasteiger partial charge >= 0.3 is 0 Å². The van der Waals surface area contributed by atoms with Crippen molar-refractivity contribution in [2.75, 3.05) is 24.6 Å². The average Bonchev–Trinajstić information content (AvgIpc) is 2.61. The van der Waals surface area contributed by atoms with E-state index in [1.807, 2.05) is 42.6 Å². The topological polar surface area (TPSA) is 49.2 Å². The van der Waals surface area contributed by atoms with E-state index in [0.717, 1.165) is 43.1 Å². The third-order valence-corrected chi connectivity index (χ3v) is 4.08. The largest absolute Gasteiger partial charge is 0.396 e. The fourth-order valence-corrected chi connectivity index (χ4v) is 2.70. The number of benzene rings is 1. The van der Waals surface area contributed by atoms with Crippen LogP contribution in [0.25, 0.3) is 12.2 Å². The van der Waals surface area contributed by atoms with E-state index >= 15 is 0 Å².